The number of hydrogen-bond donors (Lipinski definition) is 2. The molecule has 6 heteroatoms. The average molecular weight is 307 g/mol. The predicted octanol–water partition coefficient (Wildman–Crippen LogP) is 3.11. The maximum atomic E-state index is 8.90. The van der Waals surface area contributed by atoms with Crippen molar-refractivity contribution in [3.8, 4) is 11.3 Å². The van der Waals surface area contributed by atoms with Crippen molar-refractivity contribution in [1.29, 1.82) is 0 Å². The Kier molecular flexibility index (Phi) is 5.47. The Morgan fingerprint density at radius 3 is 2.52 bits per heavy atom. The summed E-state index contributed by atoms with van der Waals surface area (Å²) in [6, 6.07) is 7.40. The lowest BCUT2D eigenvalue weighted by Gasteiger charge is -2.12. The van der Waals surface area contributed by atoms with E-state index in [1.807, 2.05) is 38.1 Å². The molecular formula is C15H19ClN4O. The predicted molar refractivity (Wildman–Crippen MR) is 84.6 cm³/mol. The third-order valence-corrected chi connectivity index (χ3v) is 3.22. The van der Waals surface area contributed by atoms with Crippen LogP contribution in [0.1, 0.15) is 32.0 Å². The Morgan fingerprint density at radius 1 is 1.19 bits per heavy atom. The maximum absolute atomic E-state index is 8.90. The first-order valence-corrected chi connectivity index (χ1v) is 7.35. The summed E-state index contributed by atoms with van der Waals surface area (Å²) < 4.78 is 0. The monoisotopic (exact) mass is 306 g/mol. The van der Waals surface area contributed by atoms with E-state index in [1.54, 1.807) is 0 Å². The van der Waals surface area contributed by atoms with Crippen molar-refractivity contribution in [2.45, 2.75) is 26.2 Å². The summed E-state index contributed by atoms with van der Waals surface area (Å²) in [5.41, 5.74) is 1.59. The molecule has 0 saturated carbocycles. The van der Waals surface area contributed by atoms with Gasteiger partial charge >= 0.3 is 0 Å². The van der Waals surface area contributed by atoms with Crippen LogP contribution in [0.15, 0.2) is 24.3 Å². The maximum Gasteiger partial charge on any atom is 0.156 e. The fourth-order valence-electron chi connectivity index (χ4n) is 1.79. The highest BCUT2D eigenvalue weighted by Gasteiger charge is 2.13. The van der Waals surface area contributed by atoms with E-state index in [-0.39, 0.29) is 12.5 Å². The largest absolute Gasteiger partial charge is 0.396 e. The first kappa shape index (κ1) is 15.7. The van der Waals surface area contributed by atoms with E-state index in [2.05, 4.69) is 20.5 Å². The molecule has 2 aromatic rings. The molecule has 1 heterocycles. The Morgan fingerprint density at radius 2 is 1.90 bits per heavy atom. The van der Waals surface area contributed by atoms with Crippen LogP contribution in [0, 0.1) is 0 Å². The molecule has 0 aliphatic heterocycles. The number of halogens is 1. The highest BCUT2D eigenvalue weighted by Crippen LogP contribution is 2.26. The van der Waals surface area contributed by atoms with Gasteiger partial charge in [0.05, 0.1) is 0 Å². The smallest absolute Gasteiger partial charge is 0.156 e. The Balaban J connectivity index is 2.36. The Bertz CT molecular complexity index is 587. The number of rotatable bonds is 6. The molecule has 1 aromatic heterocycles. The van der Waals surface area contributed by atoms with Crippen LogP contribution < -0.4 is 5.32 Å². The molecule has 1 aromatic carbocycles. The average Bonchev–Trinajstić information content (AvgIpc) is 2.48. The molecule has 0 atom stereocenters. The molecular weight excluding hydrogens is 288 g/mol. The molecule has 0 fully saturated rings. The van der Waals surface area contributed by atoms with Crippen LogP contribution in [-0.4, -0.2) is 33.4 Å². The number of aliphatic hydroxyl groups is 1. The standard InChI is InChI=1S/C15H19ClN4O/c1-10(2)14-18-15(17-8-3-9-21)13(19-20-14)11-4-6-12(16)7-5-11/h4-7,10,21H,3,8-9H2,1-2H3,(H,17,18,20). The molecule has 0 aliphatic rings. The highest BCUT2D eigenvalue weighted by atomic mass is 35.5. The third-order valence-electron chi connectivity index (χ3n) is 2.96. The van der Waals surface area contributed by atoms with Gasteiger partial charge in [-0.2, -0.15) is 0 Å². The number of nitrogens with one attached hydrogen (secondary N) is 1. The van der Waals surface area contributed by atoms with E-state index >= 15 is 0 Å². The summed E-state index contributed by atoms with van der Waals surface area (Å²) in [6.07, 6.45) is 0.654. The van der Waals surface area contributed by atoms with Crippen LogP contribution in [0.3, 0.4) is 0 Å². The van der Waals surface area contributed by atoms with Gasteiger partial charge in [-0.15, -0.1) is 10.2 Å². The van der Waals surface area contributed by atoms with Crippen molar-refractivity contribution in [1.82, 2.24) is 15.2 Å². The van der Waals surface area contributed by atoms with Crippen LogP contribution in [0.2, 0.25) is 5.02 Å². The van der Waals surface area contributed by atoms with Crippen LogP contribution >= 0.6 is 11.6 Å². The fraction of sp³-hybridized carbons (Fsp3) is 0.400. The summed E-state index contributed by atoms with van der Waals surface area (Å²) in [7, 11) is 0. The minimum atomic E-state index is 0.138. The first-order chi connectivity index (χ1) is 10.1. The van der Waals surface area contributed by atoms with Gasteiger partial charge in [-0.05, 0) is 18.6 Å². The molecule has 112 valence electrons. The van der Waals surface area contributed by atoms with Gasteiger partial charge in [0, 0.05) is 29.7 Å². The van der Waals surface area contributed by atoms with Gasteiger partial charge in [-0.1, -0.05) is 37.6 Å². The van der Waals surface area contributed by atoms with E-state index in [0.29, 0.717) is 35.3 Å². The van der Waals surface area contributed by atoms with Gasteiger partial charge in [0.1, 0.15) is 5.69 Å². The number of aromatic nitrogens is 3. The molecule has 0 unspecified atom stereocenters. The Labute approximate surface area is 129 Å². The van der Waals surface area contributed by atoms with Crippen LogP contribution in [0.5, 0.6) is 0 Å². The molecule has 0 spiro atoms. The summed E-state index contributed by atoms with van der Waals surface area (Å²) in [5, 5.41) is 21.3. The second-order valence-corrected chi connectivity index (χ2v) is 5.47. The number of benzene rings is 1. The van der Waals surface area contributed by atoms with Crippen molar-refractivity contribution in [2.75, 3.05) is 18.5 Å². The SMILES string of the molecule is CC(C)c1nnc(-c2ccc(Cl)cc2)c(NCCCO)n1. The second kappa shape index (κ2) is 7.33. The summed E-state index contributed by atoms with van der Waals surface area (Å²) >= 11 is 5.91. The highest BCUT2D eigenvalue weighted by molar-refractivity contribution is 6.30. The van der Waals surface area contributed by atoms with Crippen LogP contribution in [0.25, 0.3) is 11.3 Å². The minimum absolute atomic E-state index is 0.138. The molecule has 0 bridgehead atoms. The molecule has 0 aliphatic carbocycles. The second-order valence-electron chi connectivity index (χ2n) is 5.03. The van der Waals surface area contributed by atoms with Gasteiger partial charge in [0.15, 0.2) is 11.6 Å². The normalized spacial score (nSPS) is 10.9. The van der Waals surface area contributed by atoms with Gasteiger partial charge in [-0.3, -0.25) is 0 Å². The number of nitrogens with zero attached hydrogens (tertiary/aromatic N) is 3. The number of anilines is 1. The molecule has 0 amide bonds. The molecule has 21 heavy (non-hydrogen) atoms. The molecule has 2 N–H and O–H groups in total. The van der Waals surface area contributed by atoms with Crippen molar-refractivity contribution >= 4 is 17.4 Å². The van der Waals surface area contributed by atoms with Crippen molar-refractivity contribution in [3.63, 3.8) is 0 Å². The molecule has 2 rings (SSSR count). The zero-order valence-electron chi connectivity index (χ0n) is 12.2. The summed E-state index contributed by atoms with van der Waals surface area (Å²) in [6.45, 7) is 4.82. The van der Waals surface area contributed by atoms with Crippen LogP contribution in [-0.2, 0) is 0 Å². The topological polar surface area (TPSA) is 70.9 Å². The fourth-order valence-corrected chi connectivity index (χ4v) is 1.92. The molecule has 5 nitrogen and oxygen atoms in total. The number of aliphatic hydroxyl groups excluding tert-OH is 1. The van der Waals surface area contributed by atoms with E-state index in [0.717, 1.165) is 5.56 Å². The van der Waals surface area contributed by atoms with Gasteiger partial charge < -0.3 is 10.4 Å². The summed E-state index contributed by atoms with van der Waals surface area (Å²) in [4.78, 5) is 4.54. The lowest BCUT2D eigenvalue weighted by molar-refractivity contribution is 0.292. The zero-order valence-corrected chi connectivity index (χ0v) is 12.9. The zero-order chi connectivity index (χ0) is 15.2. The van der Waals surface area contributed by atoms with Crippen molar-refractivity contribution in [2.24, 2.45) is 0 Å². The Hall–Kier alpha value is -1.72. The number of hydrogen-bond acceptors (Lipinski definition) is 5. The minimum Gasteiger partial charge on any atom is -0.396 e. The van der Waals surface area contributed by atoms with E-state index in [4.69, 9.17) is 16.7 Å². The van der Waals surface area contributed by atoms with Gasteiger partial charge in [0.25, 0.3) is 0 Å². The van der Waals surface area contributed by atoms with Gasteiger partial charge in [0.2, 0.25) is 0 Å². The summed E-state index contributed by atoms with van der Waals surface area (Å²) in [5.74, 6) is 1.58. The van der Waals surface area contributed by atoms with Crippen molar-refractivity contribution in [3.05, 3.63) is 35.1 Å². The third kappa shape index (κ3) is 4.12. The lowest BCUT2D eigenvalue weighted by Crippen LogP contribution is -2.11. The molecule has 0 saturated heterocycles. The quantitative estimate of drug-likeness (QED) is 0.802. The van der Waals surface area contributed by atoms with E-state index in [9.17, 15) is 0 Å². The van der Waals surface area contributed by atoms with Gasteiger partial charge in [-0.25, -0.2) is 4.98 Å². The van der Waals surface area contributed by atoms with Crippen LogP contribution in [0.4, 0.5) is 5.82 Å². The first-order valence-electron chi connectivity index (χ1n) is 6.97. The van der Waals surface area contributed by atoms with E-state index in [1.165, 1.54) is 0 Å². The molecule has 0 radical (unpaired) electrons. The lowest BCUT2D eigenvalue weighted by atomic mass is 10.1. The van der Waals surface area contributed by atoms with E-state index < -0.39 is 0 Å². The van der Waals surface area contributed by atoms with Crippen molar-refractivity contribution < 1.29 is 5.11 Å².